The van der Waals surface area contributed by atoms with Crippen LogP contribution in [-0.4, -0.2) is 35.2 Å². The smallest absolute Gasteiger partial charge is 0.131 e. The zero-order chi connectivity index (χ0) is 15.2. The van der Waals surface area contributed by atoms with E-state index in [4.69, 9.17) is 32.7 Å². The maximum absolute atomic E-state index is 10.3. The van der Waals surface area contributed by atoms with Crippen LogP contribution < -0.4 is 4.74 Å². The Morgan fingerprint density at radius 3 is 2.90 bits per heavy atom. The Bertz CT molecular complexity index is 589. The molecule has 1 unspecified atom stereocenters. The van der Waals surface area contributed by atoms with Crippen LogP contribution in [0.5, 0.6) is 5.75 Å². The number of rotatable bonds is 7. The van der Waals surface area contributed by atoms with Gasteiger partial charge in [-0.15, -0.1) is 0 Å². The minimum Gasteiger partial charge on any atom is -0.490 e. The fourth-order valence-corrected chi connectivity index (χ4v) is 2.32. The van der Waals surface area contributed by atoms with Gasteiger partial charge in [-0.2, -0.15) is 5.10 Å². The Balaban J connectivity index is 2.02. The highest BCUT2D eigenvalue weighted by atomic mass is 35.5. The number of aliphatic hydroxyl groups excluding tert-OH is 1. The predicted octanol–water partition coefficient (Wildman–Crippen LogP) is 2.95. The summed E-state index contributed by atoms with van der Waals surface area (Å²) in [5.41, 5.74) is 0.510. The van der Waals surface area contributed by atoms with E-state index in [2.05, 4.69) is 5.10 Å². The molecule has 1 aromatic carbocycles. The standard InChI is InChI=1S/C14H16Cl2N2O3/c1-20-6-5-18-14(12(16)8-17-18)13(19)9-21-11-4-2-3-10(15)7-11/h2-4,7-8,13,19H,5-6,9H2,1H3. The average Bonchev–Trinajstić information content (AvgIpc) is 2.83. The Hall–Kier alpha value is -1.27. The first-order valence-electron chi connectivity index (χ1n) is 6.38. The van der Waals surface area contributed by atoms with E-state index < -0.39 is 6.10 Å². The second-order valence-electron chi connectivity index (χ2n) is 4.38. The lowest BCUT2D eigenvalue weighted by atomic mass is 10.2. The van der Waals surface area contributed by atoms with E-state index in [0.717, 1.165) is 0 Å². The number of benzene rings is 1. The van der Waals surface area contributed by atoms with Crippen molar-refractivity contribution in [3.63, 3.8) is 0 Å². The SMILES string of the molecule is COCCn1ncc(Cl)c1C(O)COc1cccc(Cl)c1. The zero-order valence-electron chi connectivity index (χ0n) is 11.5. The van der Waals surface area contributed by atoms with Crippen LogP contribution in [0.2, 0.25) is 10.0 Å². The van der Waals surface area contributed by atoms with Gasteiger partial charge in [-0.1, -0.05) is 29.3 Å². The number of aliphatic hydroxyl groups is 1. The molecule has 1 N–H and O–H groups in total. The third kappa shape index (κ3) is 4.35. The monoisotopic (exact) mass is 330 g/mol. The molecular formula is C14H16Cl2N2O3. The van der Waals surface area contributed by atoms with E-state index in [-0.39, 0.29) is 6.61 Å². The van der Waals surface area contributed by atoms with E-state index in [9.17, 15) is 5.11 Å². The molecule has 114 valence electrons. The maximum Gasteiger partial charge on any atom is 0.131 e. The van der Waals surface area contributed by atoms with Crippen molar-refractivity contribution in [2.24, 2.45) is 0 Å². The van der Waals surface area contributed by atoms with Gasteiger partial charge in [-0.3, -0.25) is 4.68 Å². The summed E-state index contributed by atoms with van der Waals surface area (Å²) in [5, 5.41) is 15.3. The van der Waals surface area contributed by atoms with E-state index in [1.807, 2.05) is 0 Å². The number of methoxy groups -OCH3 is 1. The van der Waals surface area contributed by atoms with Gasteiger partial charge in [0.05, 0.1) is 30.1 Å². The van der Waals surface area contributed by atoms with Gasteiger partial charge in [0, 0.05) is 12.1 Å². The van der Waals surface area contributed by atoms with Crippen molar-refractivity contribution < 1.29 is 14.6 Å². The summed E-state index contributed by atoms with van der Waals surface area (Å²) in [6, 6.07) is 6.97. The summed E-state index contributed by atoms with van der Waals surface area (Å²) in [6.45, 7) is 1.04. The van der Waals surface area contributed by atoms with Gasteiger partial charge < -0.3 is 14.6 Å². The maximum atomic E-state index is 10.3. The molecule has 2 aromatic rings. The fourth-order valence-electron chi connectivity index (χ4n) is 1.87. The minimum atomic E-state index is -0.893. The molecular weight excluding hydrogens is 315 g/mol. The van der Waals surface area contributed by atoms with Crippen molar-refractivity contribution >= 4 is 23.2 Å². The first-order valence-corrected chi connectivity index (χ1v) is 7.14. The molecule has 21 heavy (non-hydrogen) atoms. The lowest BCUT2D eigenvalue weighted by Gasteiger charge is -2.15. The molecule has 0 bridgehead atoms. The van der Waals surface area contributed by atoms with E-state index in [0.29, 0.717) is 34.6 Å². The summed E-state index contributed by atoms with van der Waals surface area (Å²) in [6.07, 6.45) is 0.602. The highest BCUT2D eigenvalue weighted by molar-refractivity contribution is 6.31. The van der Waals surface area contributed by atoms with Crippen molar-refractivity contribution in [1.82, 2.24) is 9.78 Å². The first kappa shape index (κ1) is 16.1. The predicted molar refractivity (Wildman–Crippen MR) is 81.0 cm³/mol. The average molecular weight is 331 g/mol. The molecule has 0 amide bonds. The van der Waals surface area contributed by atoms with Gasteiger partial charge >= 0.3 is 0 Å². The Kier molecular flexibility index (Phi) is 5.87. The van der Waals surface area contributed by atoms with E-state index in [1.165, 1.54) is 6.20 Å². The second kappa shape index (κ2) is 7.66. The molecule has 1 aromatic heterocycles. The lowest BCUT2D eigenvalue weighted by molar-refractivity contribution is 0.0973. The molecule has 0 radical (unpaired) electrons. The highest BCUT2D eigenvalue weighted by Crippen LogP contribution is 2.24. The first-order chi connectivity index (χ1) is 10.1. The summed E-state index contributed by atoms with van der Waals surface area (Å²) >= 11 is 11.9. The highest BCUT2D eigenvalue weighted by Gasteiger charge is 2.19. The Morgan fingerprint density at radius 1 is 1.38 bits per heavy atom. The van der Waals surface area contributed by atoms with Crippen LogP contribution in [0, 0.1) is 0 Å². The third-order valence-corrected chi connectivity index (χ3v) is 3.39. The van der Waals surface area contributed by atoms with Crippen molar-refractivity contribution in [3.8, 4) is 5.75 Å². The van der Waals surface area contributed by atoms with Crippen molar-refractivity contribution in [1.29, 1.82) is 0 Å². The van der Waals surface area contributed by atoms with Crippen LogP contribution >= 0.6 is 23.2 Å². The second-order valence-corrected chi connectivity index (χ2v) is 5.22. The molecule has 1 heterocycles. The van der Waals surface area contributed by atoms with Crippen LogP contribution in [0.25, 0.3) is 0 Å². The van der Waals surface area contributed by atoms with Crippen LogP contribution in [-0.2, 0) is 11.3 Å². The number of hydrogen-bond acceptors (Lipinski definition) is 4. The van der Waals surface area contributed by atoms with Gasteiger partial charge in [0.15, 0.2) is 0 Å². The molecule has 0 fully saturated rings. The van der Waals surface area contributed by atoms with Crippen LogP contribution in [0.1, 0.15) is 11.8 Å². The van der Waals surface area contributed by atoms with Gasteiger partial charge in [-0.25, -0.2) is 0 Å². The summed E-state index contributed by atoms with van der Waals surface area (Å²) in [7, 11) is 1.60. The molecule has 7 heteroatoms. The van der Waals surface area contributed by atoms with Crippen molar-refractivity contribution in [2.75, 3.05) is 20.3 Å². The number of nitrogens with zero attached hydrogens (tertiary/aromatic N) is 2. The lowest BCUT2D eigenvalue weighted by Crippen LogP contribution is -2.17. The number of ether oxygens (including phenoxy) is 2. The van der Waals surface area contributed by atoms with Gasteiger partial charge in [0.25, 0.3) is 0 Å². The van der Waals surface area contributed by atoms with Crippen LogP contribution in [0.4, 0.5) is 0 Å². The number of halogens is 2. The molecule has 0 aliphatic rings. The molecule has 2 rings (SSSR count). The topological polar surface area (TPSA) is 56.5 Å². The van der Waals surface area contributed by atoms with Crippen LogP contribution in [0.3, 0.4) is 0 Å². The quantitative estimate of drug-likeness (QED) is 0.847. The summed E-state index contributed by atoms with van der Waals surface area (Å²) in [5.74, 6) is 0.584. The van der Waals surface area contributed by atoms with Crippen molar-refractivity contribution in [2.45, 2.75) is 12.6 Å². The minimum absolute atomic E-state index is 0.0543. The summed E-state index contributed by atoms with van der Waals surface area (Å²) in [4.78, 5) is 0. The zero-order valence-corrected chi connectivity index (χ0v) is 13.0. The van der Waals surface area contributed by atoms with Gasteiger partial charge in [-0.05, 0) is 18.2 Å². The molecule has 0 aliphatic carbocycles. The largest absolute Gasteiger partial charge is 0.490 e. The van der Waals surface area contributed by atoms with E-state index >= 15 is 0 Å². The van der Waals surface area contributed by atoms with Gasteiger partial charge in [0.2, 0.25) is 0 Å². The van der Waals surface area contributed by atoms with Gasteiger partial charge in [0.1, 0.15) is 18.5 Å². The summed E-state index contributed by atoms with van der Waals surface area (Å²) < 4.78 is 12.1. The fraction of sp³-hybridized carbons (Fsp3) is 0.357. The number of aromatic nitrogens is 2. The number of hydrogen-bond donors (Lipinski definition) is 1. The molecule has 5 nitrogen and oxygen atoms in total. The Labute approximate surface area is 133 Å². The van der Waals surface area contributed by atoms with Crippen LogP contribution in [0.15, 0.2) is 30.5 Å². The molecule has 0 saturated carbocycles. The Morgan fingerprint density at radius 2 is 2.19 bits per heavy atom. The van der Waals surface area contributed by atoms with E-state index in [1.54, 1.807) is 36.1 Å². The third-order valence-electron chi connectivity index (χ3n) is 2.86. The normalized spacial score (nSPS) is 12.4. The molecule has 0 saturated heterocycles. The molecule has 0 aliphatic heterocycles. The molecule has 0 spiro atoms. The van der Waals surface area contributed by atoms with Crippen molar-refractivity contribution in [3.05, 3.63) is 46.2 Å². The molecule has 1 atom stereocenters.